The summed E-state index contributed by atoms with van der Waals surface area (Å²) in [5.41, 5.74) is -0.117. The summed E-state index contributed by atoms with van der Waals surface area (Å²) in [5.74, 6) is -1.16. The maximum absolute atomic E-state index is 11.6. The van der Waals surface area contributed by atoms with Crippen LogP contribution in [0, 0.1) is 11.3 Å². The first-order chi connectivity index (χ1) is 9.01. The van der Waals surface area contributed by atoms with E-state index in [0.29, 0.717) is 12.2 Å². The van der Waals surface area contributed by atoms with E-state index in [4.69, 9.17) is 5.11 Å². The highest BCUT2D eigenvalue weighted by atomic mass is 32.2. The van der Waals surface area contributed by atoms with Crippen molar-refractivity contribution in [3.8, 4) is 0 Å². The van der Waals surface area contributed by atoms with Crippen LogP contribution in [-0.2, 0) is 15.6 Å². The molecule has 20 heavy (non-hydrogen) atoms. The third-order valence-corrected chi connectivity index (χ3v) is 3.55. The third kappa shape index (κ3) is 9.77. The molecule has 0 aromatic rings. The van der Waals surface area contributed by atoms with Gasteiger partial charge in [-0.2, -0.15) is 0 Å². The minimum Gasteiger partial charge on any atom is -0.481 e. The molecule has 0 aromatic heterocycles. The minimum atomic E-state index is -0.982. The van der Waals surface area contributed by atoms with Crippen LogP contribution in [0.1, 0.15) is 34.1 Å². The lowest BCUT2D eigenvalue weighted by Gasteiger charge is -2.23. The molecule has 0 rings (SSSR count). The highest BCUT2D eigenvalue weighted by molar-refractivity contribution is 7.84. The third-order valence-electron chi connectivity index (χ3n) is 2.58. The fourth-order valence-corrected chi connectivity index (χ4v) is 2.66. The summed E-state index contributed by atoms with van der Waals surface area (Å²) in [6.07, 6.45) is 2.05. The number of amides is 2. The van der Waals surface area contributed by atoms with Gasteiger partial charge >= 0.3 is 12.0 Å². The molecule has 0 aliphatic heterocycles. The lowest BCUT2D eigenvalue weighted by molar-refractivity contribution is -0.142. The molecule has 118 valence electrons. The van der Waals surface area contributed by atoms with Gasteiger partial charge in [-0.15, -0.1) is 0 Å². The van der Waals surface area contributed by atoms with Crippen LogP contribution in [0.4, 0.5) is 4.79 Å². The van der Waals surface area contributed by atoms with Gasteiger partial charge in [0.1, 0.15) is 0 Å². The Balaban J connectivity index is 4.25. The first-order valence-corrected chi connectivity index (χ1v) is 8.31. The van der Waals surface area contributed by atoms with Gasteiger partial charge in [0, 0.05) is 35.4 Å². The second-order valence-corrected chi connectivity index (χ2v) is 7.77. The second kappa shape index (κ2) is 8.24. The van der Waals surface area contributed by atoms with Crippen LogP contribution in [0.15, 0.2) is 0 Å². The molecule has 0 aliphatic rings. The van der Waals surface area contributed by atoms with Crippen molar-refractivity contribution in [2.24, 2.45) is 11.3 Å². The average Bonchev–Trinajstić information content (AvgIpc) is 2.20. The first-order valence-electron chi connectivity index (χ1n) is 6.58. The molecule has 0 bridgehead atoms. The van der Waals surface area contributed by atoms with Gasteiger partial charge in [-0.25, -0.2) is 4.79 Å². The van der Waals surface area contributed by atoms with E-state index >= 15 is 0 Å². The Bertz CT molecular complexity index is 366. The molecule has 6 nitrogen and oxygen atoms in total. The molecule has 0 aromatic carbocycles. The van der Waals surface area contributed by atoms with Gasteiger partial charge in [0.25, 0.3) is 0 Å². The molecule has 0 aliphatic carbocycles. The normalized spacial score (nSPS) is 16.1. The molecule has 0 spiro atoms. The monoisotopic (exact) mass is 306 g/mol. The van der Waals surface area contributed by atoms with Crippen molar-refractivity contribution in [2.75, 3.05) is 18.6 Å². The van der Waals surface area contributed by atoms with Crippen LogP contribution >= 0.6 is 0 Å². The Hall–Kier alpha value is -1.11. The Morgan fingerprint density at radius 3 is 2.25 bits per heavy atom. The number of hydrogen-bond acceptors (Lipinski definition) is 3. The molecule has 3 N–H and O–H groups in total. The van der Waals surface area contributed by atoms with Crippen molar-refractivity contribution in [3.63, 3.8) is 0 Å². The van der Waals surface area contributed by atoms with Crippen LogP contribution in [-0.4, -0.2) is 45.9 Å². The van der Waals surface area contributed by atoms with Crippen molar-refractivity contribution in [1.29, 1.82) is 0 Å². The number of carbonyl (C=O) groups is 2. The summed E-state index contributed by atoms with van der Waals surface area (Å²) in [5, 5.41) is 14.3. The summed E-state index contributed by atoms with van der Waals surface area (Å²) in [6.45, 7) is 7.72. The van der Waals surface area contributed by atoms with Gasteiger partial charge in [-0.1, -0.05) is 20.8 Å². The van der Waals surface area contributed by atoms with Crippen molar-refractivity contribution in [3.05, 3.63) is 0 Å². The standard InChI is InChI=1S/C13H26N2O4S/c1-9(8-20(5)19)15-12(18)14-7-10(11(16)17)6-13(2,3)4/h9-10H,6-8H2,1-5H3,(H,16,17)(H2,14,15,18). The predicted octanol–water partition coefficient (Wildman–Crippen LogP) is 1.19. The maximum Gasteiger partial charge on any atom is 0.315 e. The van der Waals surface area contributed by atoms with E-state index in [-0.39, 0.29) is 18.0 Å². The molecule has 3 unspecified atom stereocenters. The van der Waals surface area contributed by atoms with Crippen LogP contribution in [0.5, 0.6) is 0 Å². The molecule has 0 radical (unpaired) electrons. The maximum atomic E-state index is 11.6. The molecule has 0 saturated carbocycles. The van der Waals surface area contributed by atoms with E-state index in [2.05, 4.69) is 10.6 Å². The number of rotatable bonds is 7. The zero-order valence-electron chi connectivity index (χ0n) is 12.9. The lowest BCUT2D eigenvalue weighted by Crippen LogP contribution is -2.45. The number of carboxylic acids is 1. The van der Waals surface area contributed by atoms with E-state index in [1.54, 1.807) is 13.2 Å². The quantitative estimate of drug-likeness (QED) is 0.658. The van der Waals surface area contributed by atoms with Crippen molar-refractivity contribution >= 4 is 22.8 Å². The van der Waals surface area contributed by atoms with E-state index in [0.717, 1.165) is 0 Å². The molecule has 2 amide bonds. The lowest BCUT2D eigenvalue weighted by atomic mass is 9.84. The largest absolute Gasteiger partial charge is 0.481 e. The summed E-state index contributed by atoms with van der Waals surface area (Å²) in [6, 6.07) is -0.644. The molecular weight excluding hydrogens is 280 g/mol. The van der Waals surface area contributed by atoms with Gasteiger partial charge in [-0.05, 0) is 18.8 Å². The van der Waals surface area contributed by atoms with Crippen LogP contribution in [0.2, 0.25) is 0 Å². The summed E-state index contributed by atoms with van der Waals surface area (Å²) >= 11 is 0. The Labute approximate surface area is 123 Å². The zero-order chi connectivity index (χ0) is 15.9. The number of aliphatic carboxylic acids is 1. The molecule has 0 saturated heterocycles. The summed E-state index contributed by atoms with van der Waals surface area (Å²) < 4.78 is 11.0. The van der Waals surface area contributed by atoms with Crippen molar-refractivity contribution in [2.45, 2.75) is 40.2 Å². The van der Waals surface area contributed by atoms with Crippen molar-refractivity contribution < 1.29 is 18.9 Å². The molecule has 0 fully saturated rings. The Morgan fingerprint density at radius 1 is 1.30 bits per heavy atom. The number of carboxylic acid groups (broad SMARTS) is 1. The predicted molar refractivity (Wildman–Crippen MR) is 80.1 cm³/mol. The van der Waals surface area contributed by atoms with Gasteiger partial charge in [0.2, 0.25) is 0 Å². The average molecular weight is 306 g/mol. The summed E-state index contributed by atoms with van der Waals surface area (Å²) in [7, 11) is -0.982. The van der Waals surface area contributed by atoms with Crippen molar-refractivity contribution in [1.82, 2.24) is 10.6 Å². The first kappa shape index (κ1) is 18.9. The molecule has 3 atom stereocenters. The molecule has 7 heteroatoms. The second-order valence-electron chi connectivity index (χ2n) is 6.30. The molecular formula is C13H26N2O4S. The van der Waals surface area contributed by atoms with Gasteiger partial charge in [0.15, 0.2) is 0 Å². The van der Waals surface area contributed by atoms with Crippen LogP contribution in [0.3, 0.4) is 0 Å². The fourth-order valence-electron chi connectivity index (χ4n) is 1.87. The van der Waals surface area contributed by atoms with E-state index in [1.807, 2.05) is 20.8 Å². The highest BCUT2D eigenvalue weighted by Gasteiger charge is 2.25. The van der Waals surface area contributed by atoms with E-state index in [1.165, 1.54) is 0 Å². The molecule has 0 heterocycles. The Morgan fingerprint density at radius 2 is 1.85 bits per heavy atom. The van der Waals surface area contributed by atoms with Gasteiger partial charge < -0.3 is 15.7 Å². The highest BCUT2D eigenvalue weighted by Crippen LogP contribution is 2.24. The van der Waals surface area contributed by atoms with E-state index in [9.17, 15) is 13.8 Å². The number of hydrogen-bond donors (Lipinski definition) is 3. The minimum absolute atomic E-state index is 0.0837. The number of urea groups is 1. The summed E-state index contributed by atoms with van der Waals surface area (Å²) in [4.78, 5) is 22.8. The Kier molecular flexibility index (Phi) is 7.78. The number of nitrogens with one attached hydrogen (secondary N) is 2. The van der Waals surface area contributed by atoms with Gasteiger partial charge in [0.05, 0.1) is 5.92 Å². The zero-order valence-corrected chi connectivity index (χ0v) is 13.7. The SMILES string of the molecule is CC(CS(C)=O)NC(=O)NCC(CC(C)(C)C)C(=O)O. The van der Waals surface area contributed by atoms with E-state index < -0.39 is 28.7 Å². The van der Waals surface area contributed by atoms with Crippen LogP contribution < -0.4 is 10.6 Å². The smallest absolute Gasteiger partial charge is 0.315 e. The topological polar surface area (TPSA) is 95.5 Å². The fraction of sp³-hybridized carbons (Fsp3) is 0.846. The number of carbonyl (C=O) groups excluding carboxylic acids is 1. The van der Waals surface area contributed by atoms with Crippen LogP contribution in [0.25, 0.3) is 0 Å². The van der Waals surface area contributed by atoms with Gasteiger partial charge in [-0.3, -0.25) is 9.00 Å².